The van der Waals surface area contributed by atoms with Crippen LogP contribution >= 0.6 is 0 Å². The van der Waals surface area contributed by atoms with Gasteiger partial charge in [-0.3, -0.25) is 9.59 Å². The average molecular weight is 252 g/mol. The molecular formula is C16H12O3. The van der Waals surface area contributed by atoms with Crippen molar-refractivity contribution < 1.29 is 14.0 Å². The Labute approximate surface area is 110 Å². The Hall–Kier alpha value is -2.42. The summed E-state index contributed by atoms with van der Waals surface area (Å²) < 4.78 is 5.37. The summed E-state index contributed by atoms with van der Waals surface area (Å²) in [5.74, 6) is -0.545. The maximum absolute atomic E-state index is 12.0. The van der Waals surface area contributed by atoms with Crippen molar-refractivity contribution in [1.29, 1.82) is 0 Å². The summed E-state index contributed by atoms with van der Waals surface area (Å²) >= 11 is 0. The zero-order valence-corrected chi connectivity index (χ0v) is 10.7. The van der Waals surface area contributed by atoms with Crippen LogP contribution in [0.4, 0.5) is 0 Å². The number of carbonyl (C=O) groups excluding carboxylic acids is 2. The third-order valence-electron chi connectivity index (χ3n) is 3.47. The van der Waals surface area contributed by atoms with E-state index in [1.807, 2.05) is 32.0 Å². The van der Waals surface area contributed by atoms with Gasteiger partial charge in [0, 0.05) is 5.56 Å². The summed E-state index contributed by atoms with van der Waals surface area (Å²) in [6.45, 7) is 4.04. The van der Waals surface area contributed by atoms with Gasteiger partial charge < -0.3 is 4.42 Å². The van der Waals surface area contributed by atoms with Crippen LogP contribution in [0, 0.1) is 13.8 Å². The lowest BCUT2D eigenvalue weighted by molar-refractivity contribution is -0.110. The molecule has 0 saturated heterocycles. The standard InChI is InChI=1S/C16H12O3/c1-9-3-4-11(7-10(9)2)12-8-19-14-6-5-13(17)16(18)15(12)14/h3-8H,1-2H3. The van der Waals surface area contributed by atoms with Gasteiger partial charge in [-0.15, -0.1) is 0 Å². The van der Waals surface area contributed by atoms with Crippen molar-refractivity contribution in [2.75, 3.05) is 0 Å². The highest BCUT2D eigenvalue weighted by Gasteiger charge is 2.27. The Kier molecular flexibility index (Phi) is 2.49. The Balaban J connectivity index is 2.20. The molecule has 2 aromatic rings. The Bertz CT molecular complexity index is 732. The van der Waals surface area contributed by atoms with Crippen molar-refractivity contribution in [2.24, 2.45) is 0 Å². The second kappa shape index (κ2) is 4.05. The van der Waals surface area contributed by atoms with Crippen LogP contribution in [0.1, 0.15) is 27.2 Å². The highest BCUT2D eigenvalue weighted by molar-refractivity contribution is 6.50. The van der Waals surface area contributed by atoms with Crippen LogP contribution in [0.15, 0.2) is 35.0 Å². The number of furan rings is 1. The number of fused-ring (bicyclic) bond motifs is 1. The molecule has 0 unspecified atom stereocenters. The molecule has 0 saturated carbocycles. The van der Waals surface area contributed by atoms with E-state index >= 15 is 0 Å². The van der Waals surface area contributed by atoms with E-state index in [2.05, 4.69) is 0 Å². The van der Waals surface area contributed by atoms with Crippen molar-refractivity contribution in [2.45, 2.75) is 13.8 Å². The molecule has 3 rings (SSSR count). The maximum Gasteiger partial charge on any atom is 0.237 e. The van der Waals surface area contributed by atoms with E-state index < -0.39 is 11.6 Å². The second-order valence-electron chi connectivity index (χ2n) is 4.71. The van der Waals surface area contributed by atoms with E-state index in [0.717, 1.165) is 11.1 Å². The Morgan fingerprint density at radius 3 is 2.53 bits per heavy atom. The number of aryl methyl sites for hydroxylation is 2. The van der Waals surface area contributed by atoms with Gasteiger partial charge in [0.25, 0.3) is 0 Å². The molecule has 1 aromatic heterocycles. The summed E-state index contributed by atoms with van der Waals surface area (Å²) in [7, 11) is 0. The summed E-state index contributed by atoms with van der Waals surface area (Å²) in [5, 5.41) is 0. The first-order chi connectivity index (χ1) is 9.08. The fraction of sp³-hybridized carbons (Fsp3) is 0.125. The van der Waals surface area contributed by atoms with E-state index in [1.165, 1.54) is 17.9 Å². The lowest BCUT2D eigenvalue weighted by Crippen LogP contribution is -2.15. The third-order valence-corrected chi connectivity index (χ3v) is 3.47. The molecule has 1 aliphatic rings. The SMILES string of the molecule is Cc1ccc(-c2coc3c2C(=O)C(=O)C=C3)cc1C. The molecule has 94 valence electrons. The van der Waals surface area contributed by atoms with Crippen molar-refractivity contribution in [3.63, 3.8) is 0 Å². The van der Waals surface area contributed by atoms with E-state index in [4.69, 9.17) is 4.42 Å². The maximum atomic E-state index is 12.0. The van der Waals surface area contributed by atoms with Gasteiger partial charge >= 0.3 is 0 Å². The minimum Gasteiger partial charge on any atom is -0.464 e. The van der Waals surface area contributed by atoms with Gasteiger partial charge in [-0.1, -0.05) is 18.2 Å². The molecule has 0 aliphatic heterocycles. The molecule has 3 nitrogen and oxygen atoms in total. The van der Waals surface area contributed by atoms with Crippen LogP contribution in [0.5, 0.6) is 0 Å². The quantitative estimate of drug-likeness (QED) is 0.731. The summed E-state index contributed by atoms with van der Waals surface area (Å²) in [6.07, 6.45) is 4.33. The van der Waals surface area contributed by atoms with Gasteiger partial charge in [0.05, 0.1) is 11.8 Å². The molecule has 3 heteroatoms. The molecule has 0 bridgehead atoms. The van der Waals surface area contributed by atoms with Crippen LogP contribution in [0.3, 0.4) is 0 Å². The fourth-order valence-corrected chi connectivity index (χ4v) is 2.20. The van der Waals surface area contributed by atoms with Gasteiger partial charge in [0.15, 0.2) is 0 Å². The van der Waals surface area contributed by atoms with Gasteiger partial charge in [-0.25, -0.2) is 0 Å². The van der Waals surface area contributed by atoms with Crippen LogP contribution in [0.25, 0.3) is 17.2 Å². The molecule has 19 heavy (non-hydrogen) atoms. The van der Waals surface area contributed by atoms with Crippen molar-refractivity contribution in [3.8, 4) is 11.1 Å². The van der Waals surface area contributed by atoms with Crippen LogP contribution in [0.2, 0.25) is 0 Å². The first-order valence-electron chi connectivity index (χ1n) is 6.04. The molecule has 0 radical (unpaired) electrons. The molecule has 1 aromatic carbocycles. The van der Waals surface area contributed by atoms with Crippen molar-refractivity contribution in [1.82, 2.24) is 0 Å². The average Bonchev–Trinajstić information content (AvgIpc) is 2.82. The van der Waals surface area contributed by atoms with E-state index in [0.29, 0.717) is 16.9 Å². The van der Waals surface area contributed by atoms with E-state index in [9.17, 15) is 9.59 Å². The summed E-state index contributed by atoms with van der Waals surface area (Å²) in [4.78, 5) is 23.4. The van der Waals surface area contributed by atoms with E-state index in [-0.39, 0.29) is 0 Å². The van der Waals surface area contributed by atoms with Crippen molar-refractivity contribution >= 4 is 17.6 Å². The highest BCUT2D eigenvalue weighted by Crippen LogP contribution is 2.32. The summed E-state index contributed by atoms with van der Waals surface area (Å²) in [5.41, 5.74) is 4.27. The smallest absolute Gasteiger partial charge is 0.237 e. The van der Waals surface area contributed by atoms with Gasteiger partial charge in [0.1, 0.15) is 5.76 Å². The molecule has 0 spiro atoms. The largest absolute Gasteiger partial charge is 0.464 e. The van der Waals surface area contributed by atoms with Gasteiger partial charge in [0.2, 0.25) is 11.6 Å². The number of ketones is 2. The molecule has 1 heterocycles. The minimum atomic E-state index is -0.501. The number of hydrogen-bond acceptors (Lipinski definition) is 3. The zero-order valence-electron chi connectivity index (χ0n) is 10.7. The molecular weight excluding hydrogens is 240 g/mol. The first-order valence-corrected chi connectivity index (χ1v) is 6.04. The van der Waals surface area contributed by atoms with Crippen LogP contribution < -0.4 is 0 Å². The molecule has 1 aliphatic carbocycles. The van der Waals surface area contributed by atoms with E-state index in [1.54, 1.807) is 6.08 Å². The first kappa shape index (κ1) is 11.7. The predicted octanol–water partition coefficient (Wildman–Crippen LogP) is 3.34. The molecule has 0 N–H and O–H groups in total. The molecule has 0 amide bonds. The van der Waals surface area contributed by atoms with Crippen molar-refractivity contribution in [3.05, 3.63) is 53.0 Å². The zero-order chi connectivity index (χ0) is 13.6. The number of hydrogen-bond donors (Lipinski definition) is 0. The number of rotatable bonds is 1. The normalized spacial score (nSPS) is 13.8. The second-order valence-corrected chi connectivity index (χ2v) is 4.71. The van der Waals surface area contributed by atoms with Gasteiger partial charge in [-0.05, 0) is 42.7 Å². The fourth-order valence-electron chi connectivity index (χ4n) is 2.20. The summed E-state index contributed by atoms with van der Waals surface area (Å²) in [6, 6.07) is 5.93. The predicted molar refractivity (Wildman–Crippen MR) is 72.0 cm³/mol. The van der Waals surface area contributed by atoms with Crippen LogP contribution in [-0.4, -0.2) is 11.6 Å². The molecule has 0 fully saturated rings. The monoisotopic (exact) mass is 252 g/mol. The number of Topliss-reactive ketones (excluding diaryl/α,β-unsaturated/α-hetero) is 1. The minimum absolute atomic E-state index is 0.371. The number of carbonyl (C=O) groups is 2. The van der Waals surface area contributed by atoms with Gasteiger partial charge in [-0.2, -0.15) is 0 Å². The highest BCUT2D eigenvalue weighted by atomic mass is 16.3. The lowest BCUT2D eigenvalue weighted by Gasteiger charge is -2.07. The third kappa shape index (κ3) is 1.74. The molecule has 0 atom stereocenters. The Morgan fingerprint density at radius 2 is 1.79 bits per heavy atom. The van der Waals surface area contributed by atoms with Crippen LogP contribution in [-0.2, 0) is 4.79 Å². The topological polar surface area (TPSA) is 47.3 Å². The number of benzene rings is 1. The lowest BCUT2D eigenvalue weighted by atomic mass is 9.93. The Morgan fingerprint density at radius 1 is 1.00 bits per heavy atom. The number of allylic oxidation sites excluding steroid dienone is 1.